The number of rotatable bonds is 5. The number of hydrogen-bond acceptors (Lipinski definition) is 5. The van der Waals surface area contributed by atoms with Crippen molar-refractivity contribution in [3.05, 3.63) is 45.9 Å². The van der Waals surface area contributed by atoms with Crippen LogP contribution in [0.1, 0.15) is 12.5 Å². The first-order chi connectivity index (χ1) is 12.3. The molecule has 0 unspecified atom stereocenters. The topological polar surface area (TPSA) is 139 Å². The molecule has 0 aliphatic heterocycles. The molecule has 0 saturated heterocycles. The molecule has 3 aromatic rings. The van der Waals surface area contributed by atoms with E-state index in [1.165, 1.54) is 0 Å². The molecule has 0 saturated carbocycles. The van der Waals surface area contributed by atoms with Gasteiger partial charge in [0.2, 0.25) is 5.96 Å². The molecule has 0 amide bonds. The third-order valence-electron chi connectivity index (χ3n) is 3.45. The third-order valence-corrected chi connectivity index (χ3v) is 6.95. The van der Waals surface area contributed by atoms with E-state index >= 15 is 0 Å². The molecule has 0 aliphatic rings. The Kier molecular flexibility index (Phi) is 5.03. The van der Waals surface area contributed by atoms with E-state index in [-0.39, 0.29) is 10.2 Å². The maximum atomic E-state index is 12.5. The summed E-state index contributed by atoms with van der Waals surface area (Å²) in [5.41, 5.74) is 13.2. The molecule has 0 radical (unpaired) electrons. The standard InChI is InChI=1S/C15H15BrN6O2S2/c1-8(20-21-15(17)18)11-7-19-12-3-2-9(6-10(11)12)22-26(23,24)14-5-4-13(16)25-14/h2-7,19,22H,1H3,(H4,17,18,21). The molecular weight excluding hydrogens is 440 g/mol. The van der Waals surface area contributed by atoms with Crippen molar-refractivity contribution in [2.45, 2.75) is 11.1 Å². The highest BCUT2D eigenvalue weighted by molar-refractivity contribution is 9.11. The van der Waals surface area contributed by atoms with E-state index in [0.29, 0.717) is 11.4 Å². The highest BCUT2D eigenvalue weighted by Crippen LogP contribution is 2.29. The SMILES string of the molecule is CC(=NN=C(N)N)c1c[nH]c2ccc(NS(=O)(=O)c3ccc(Br)s3)cc12. The summed E-state index contributed by atoms with van der Waals surface area (Å²) >= 11 is 4.41. The third kappa shape index (κ3) is 3.89. The average molecular weight is 455 g/mol. The highest BCUT2D eigenvalue weighted by atomic mass is 79.9. The van der Waals surface area contributed by atoms with Gasteiger partial charge >= 0.3 is 0 Å². The Morgan fingerprint density at radius 3 is 2.65 bits per heavy atom. The Morgan fingerprint density at radius 1 is 1.23 bits per heavy atom. The van der Waals surface area contributed by atoms with Crippen LogP contribution in [0, 0.1) is 0 Å². The van der Waals surface area contributed by atoms with Gasteiger partial charge in [0.05, 0.1) is 9.50 Å². The number of thiophene rings is 1. The molecule has 0 aliphatic carbocycles. The van der Waals surface area contributed by atoms with Crippen molar-refractivity contribution in [2.75, 3.05) is 4.72 Å². The predicted octanol–water partition coefficient (Wildman–Crippen LogP) is 2.79. The number of H-pyrrole nitrogens is 1. The molecule has 0 atom stereocenters. The smallest absolute Gasteiger partial charge is 0.271 e. The van der Waals surface area contributed by atoms with Crippen LogP contribution in [0.3, 0.4) is 0 Å². The number of anilines is 1. The van der Waals surface area contributed by atoms with Crippen molar-refractivity contribution in [1.82, 2.24) is 4.98 Å². The fourth-order valence-corrected chi connectivity index (χ4v) is 5.38. The number of aromatic amines is 1. The van der Waals surface area contributed by atoms with Crippen LogP contribution in [0.25, 0.3) is 10.9 Å². The lowest BCUT2D eigenvalue weighted by atomic mass is 10.1. The summed E-state index contributed by atoms with van der Waals surface area (Å²) in [4.78, 5) is 3.11. The minimum absolute atomic E-state index is 0.139. The molecule has 11 heteroatoms. The van der Waals surface area contributed by atoms with Gasteiger partial charge in [0.1, 0.15) is 4.21 Å². The fourth-order valence-electron chi connectivity index (χ4n) is 2.32. The van der Waals surface area contributed by atoms with Crippen molar-refractivity contribution in [3.63, 3.8) is 0 Å². The number of halogens is 1. The zero-order valence-electron chi connectivity index (χ0n) is 13.5. The largest absolute Gasteiger partial charge is 0.369 e. The highest BCUT2D eigenvalue weighted by Gasteiger charge is 2.17. The second-order valence-electron chi connectivity index (χ2n) is 5.34. The lowest BCUT2D eigenvalue weighted by Gasteiger charge is -2.07. The molecule has 2 aromatic heterocycles. The number of hydrogen-bond donors (Lipinski definition) is 4. The summed E-state index contributed by atoms with van der Waals surface area (Å²) in [6, 6.07) is 8.44. The van der Waals surface area contributed by atoms with E-state index in [9.17, 15) is 8.42 Å². The number of guanidine groups is 1. The van der Waals surface area contributed by atoms with Crippen molar-refractivity contribution < 1.29 is 8.42 Å². The molecule has 136 valence electrons. The Balaban J connectivity index is 1.98. The Bertz CT molecular complexity index is 1130. The van der Waals surface area contributed by atoms with Crippen LogP contribution in [0.4, 0.5) is 5.69 Å². The van der Waals surface area contributed by atoms with E-state index in [1.54, 1.807) is 43.5 Å². The number of nitrogens with two attached hydrogens (primary N) is 2. The van der Waals surface area contributed by atoms with Gasteiger partial charge in [-0.15, -0.1) is 16.4 Å². The first-order valence-corrected chi connectivity index (χ1v) is 10.4. The predicted molar refractivity (Wildman–Crippen MR) is 109 cm³/mol. The summed E-state index contributed by atoms with van der Waals surface area (Å²) in [5, 5.41) is 8.40. The van der Waals surface area contributed by atoms with E-state index < -0.39 is 10.0 Å². The lowest BCUT2D eigenvalue weighted by molar-refractivity contribution is 0.603. The van der Waals surface area contributed by atoms with Gasteiger partial charge in [0.15, 0.2) is 0 Å². The quantitative estimate of drug-likeness (QED) is 0.267. The van der Waals surface area contributed by atoms with E-state index in [1.807, 2.05) is 0 Å². The Morgan fingerprint density at radius 2 is 2.00 bits per heavy atom. The molecule has 8 nitrogen and oxygen atoms in total. The molecule has 1 aromatic carbocycles. The van der Waals surface area contributed by atoms with E-state index in [2.05, 4.69) is 35.8 Å². The number of nitrogens with zero attached hydrogens (tertiary/aromatic N) is 2. The summed E-state index contributed by atoms with van der Waals surface area (Å²) in [6.45, 7) is 1.76. The van der Waals surface area contributed by atoms with Crippen molar-refractivity contribution in [2.24, 2.45) is 21.7 Å². The van der Waals surface area contributed by atoms with Crippen molar-refractivity contribution in [3.8, 4) is 0 Å². The monoisotopic (exact) mass is 454 g/mol. The van der Waals surface area contributed by atoms with E-state index in [4.69, 9.17) is 11.5 Å². The number of benzene rings is 1. The van der Waals surface area contributed by atoms with Crippen LogP contribution in [-0.4, -0.2) is 25.1 Å². The summed E-state index contributed by atoms with van der Waals surface area (Å²) in [5.74, 6) is -0.139. The second kappa shape index (κ2) is 7.09. The van der Waals surface area contributed by atoms with Crippen LogP contribution in [0.2, 0.25) is 0 Å². The Labute approximate surface area is 162 Å². The second-order valence-corrected chi connectivity index (χ2v) is 9.71. The van der Waals surface area contributed by atoms with Crippen LogP contribution < -0.4 is 16.2 Å². The minimum Gasteiger partial charge on any atom is -0.369 e. The van der Waals surface area contributed by atoms with Gasteiger partial charge in [0, 0.05) is 28.4 Å². The molecule has 26 heavy (non-hydrogen) atoms. The van der Waals surface area contributed by atoms with Crippen molar-refractivity contribution >= 4 is 65.6 Å². The maximum absolute atomic E-state index is 12.5. The van der Waals surface area contributed by atoms with Gasteiger partial charge in [-0.25, -0.2) is 8.42 Å². The fraction of sp³-hybridized carbons (Fsp3) is 0.0667. The zero-order chi connectivity index (χ0) is 18.9. The van der Waals surface area contributed by atoms with Gasteiger partial charge in [-0.3, -0.25) is 4.72 Å². The van der Waals surface area contributed by atoms with Crippen LogP contribution in [0.5, 0.6) is 0 Å². The molecule has 0 spiro atoms. The molecule has 3 rings (SSSR count). The first-order valence-electron chi connectivity index (χ1n) is 7.29. The molecule has 0 fully saturated rings. The summed E-state index contributed by atoms with van der Waals surface area (Å²) in [6.07, 6.45) is 1.76. The summed E-state index contributed by atoms with van der Waals surface area (Å²) < 4.78 is 28.5. The van der Waals surface area contributed by atoms with Gasteiger partial charge in [-0.05, 0) is 53.2 Å². The van der Waals surface area contributed by atoms with E-state index in [0.717, 1.165) is 31.6 Å². The Hall–Kier alpha value is -2.37. The normalized spacial score (nSPS) is 12.3. The van der Waals surface area contributed by atoms with Gasteiger partial charge in [-0.1, -0.05) is 0 Å². The average Bonchev–Trinajstić information content (AvgIpc) is 3.18. The number of sulfonamides is 1. The van der Waals surface area contributed by atoms with Crippen molar-refractivity contribution in [1.29, 1.82) is 0 Å². The molecular formula is C15H15BrN6O2S2. The molecule has 6 N–H and O–H groups in total. The van der Waals surface area contributed by atoms with Crippen LogP contribution >= 0.6 is 27.3 Å². The number of fused-ring (bicyclic) bond motifs is 1. The number of aromatic nitrogens is 1. The maximum Gasteiger partial charge on any atom is 0.271 e. The lowest BCUT2D eigenvalue weighted by Crippen LogP contribution is -2.22. The van der Waals surface area contributed by atoms with Crippen LogP contribution in [0.15, 0.2) is 54.7 Å². The van der Waals surface area contributed by atoms with Gasteiger partial charge in [-0.2, -0.15) is 5.10 Å². The minimum atomic E-state index is -3.66. The summed E-state index contributed by atoms with van der Waals surface area (Å²) in [7, 11) is -3.66. The van der Waals surface area contributed by atoms with Crippen LogP contribution in [-0.2, 0) is 10.0 Å². The first kappa shape index (κ1) is 18.4. The van der Waals surface area contributed by atoms with Gasteiger partial charge < -0.3 is 16.5 Å². The molecule has 0 bridgehead atoms. The van der Waals surface area contributed by atoms with Gasteiger partial charge in [0.25, 0.3) is 10.0 Å². The molecule has 2 heterocycles. The zero-order valence-corrected chi connectivity index (χ0v) is 16.7. The number of nitrogens with one attached hydrogen (secondary N) is 2.